The molecule has 2 heterocycles. The maximum absolute atomic E-state index is 12.4. The van der Waals surface area contributed by atoms with E-state index in [1.165, 1.54) is 0 Å². The Hall–Kier alpha value is -2.66. The Kier molecular flexibility index (Phi) is 3.35. The zero-order valence-electron chi connectivity index (χ0n) is 12.6. The van der Waals surface area contributed by atoms with E-state index >= 15 is 0 Å². The lowest BCUT2D eigenvalue weighted by atomic mass is 10.2. The summed E-state index contributed by atoms with van der Waals surface area (Å²) in [4.78, 5) is 17.9. The van der Waals surface area contributed by atoms with E-state index in [1.807, 2.05) is 60.8 Å². The Labute approximate surface area is 137 Å². The molecule has 0 atom stereocenters. The number of nitrogens with one attached hydrogen (secondary N) is 1. The van der Waals surface area contributed by atoms with Crippen LogP contribution in [0.3, 0.4) is 0 Å². The maximum Gasteiger partial charge on any atom is 0.230 e. The fourth-order valence-electron chi connectivity index (χ4n) is 2.73. The Morgan fingerprint density at radius 1 is 1.17 bits per heavy atom. The topological polar surface area (TPSA) is 46.4 Å². The number of aryl methyl sites for hydroxylation is 1. The first-order valence-corrected chi connectivity index (χ1v) is 8.29. The van der Waals surface area contributed by atoms with Crippen LogP contribution in [-0.4, -0.2) is 15.3 Å². The molecule has 0 aliphatic heterocycles. The van der Waals surface area contributed by atoms with Gasteiger partial charge >= 0.3 is 0 Å². The van der Waals surface area contributed by atoms with Crippen LogP contribution in [0.25, 0.3) is 16.0 Å². The summed E-state index contributed by atoms with van der Waals surface area (Å²) in [5.74, 6) is -0.0169. The molecule has 4 rings (SSSR count). The number of hydrogen-bond donors (Lipinski definition) is 1. The van der Waals surface area contributed by atoms with Crippen molar-refractivity contribution in [2.24, 2.45) is 0 Å². The van der Waals surface area contributed by atoms with Gasteiger partial charge in [0.1, 0.15) is 0 Å². The highest BCUT2D eigenvalue weighted by atomic mass is 32.1. The van der Waals surface area contributed by atoms with Crippen LogP contribution >= 0.6 is 11.3 Å². The number of thiazole rings is 1. The summed E-state index contributed by atoms with van der Waals surface area (Å²) >= 11 is 1.56. The van der Waals surface area contributed by atoms with Gasteiger partial charge in [-0.3, -0.25) is 9.20 Å². The minimum absolute atomic E-state index is 0.0169. The lowest BCUT2D eigenvalue weighted by molar-refractivity contribution is -0.115. The van der Waals surface area contributed by atoms with Crippen molar-refractivity contribution in [3.8, 4) is 0 Å². The smallest absolute Gasteiger partial charge is 0.230 e. The second-order valence-electron chi connectivity index (χ2n) is 5.49. The molecule has 0 saturated carbocycles. The Morgan fingerprint density at radius 2 is 1.96 bits per heavy atom. The number of benzene rings is 2. The minimum atomic E-state index is -0.0169. The second kappa shape index (κ2) is 5.52. The Bertz CT molecular complexity index is 1020. The van der Waals surface area contributed by atoms with Crippen molar-refractivity contribution in [2.75, 3.05) is 5.32 Å². The lowest BCUT2D eigenvalue weighted by Crippen LogP contribution is -2.16. The average molecular weight is 321 g/mol. The number of aromatic nitrogens is 2. The van der Waals surface area contributed by atoms with Crippen LogP contribution < -0.4 is 5.32 Å². The van der Waals surface area contributed by atoms with E-state index in [4.69, 9.17) is 0 Å². The van der Waals surface area contributed by atoms with E-state index in [0.29, 0.717) is 6.42 Å². The van der Waals surface area contributed by atoms with Crippen molar-refractivity contribution < 1.29 is 4.79 Å². The van der Waals surface area contributed by atoms with Crippen LogP contribution in [0, 0.1) is 6.92 Å². The van der Waals surface area contributed by atoms with Gasteiger partial charge in [0.25, 0.3) is 0 Å². The first-order valence-electron chi connectivity index (χ1n) is 7.41. The Morgan fingerprint density at radius 3 is 2.83 bits per heavy atom. The lowest BCUT2D eigenvalue weighted by Gasteiger charge is -2.07. The predicted molar refractivity (Wildman–Crippen MR) is 94.1 cm³/mol. The molecule has 4 nitrogen and oxygen atoms in total. The molecule has 0 radical (unpaired) electrons. The molecule has 0 spiro atoms. The summed E-state index contributed by atoms with van der Waals surface area (Å²) in [5, 5.41) is 4.99. The third-order valence-corrected chi connectivity index (χ3v) is 4.75. The average Bonchev–Trinajstić information content (AvgIpc) is 3.09. The van der Waals surface area contributed by atoms with Gasteiger partial charge in [0.15, 0.2) is 4.96 Å². The van der Waals surface area contributed by atoms with E-state index in [0.717, 1.165) is 32.9 Å². The van der Waals surface area contributed by atoms with Crippen molar-refractivity contribution in [3.63, 3.8) is 0 Å². The summed E-state index contributed by atoms with van der Waals surface area (Å²) in [6.07, 6.45) is 0.328. The molecule has 2 aromatic heterocycles. The first-order chi connectivity index (χ1) is 11.2. The molecule has 4 aromatic rings. The molecular formula is C18H15N3OS. The number of para-hydroxylation sites is 3. The van der Waals surface area contributed by atoms with E-state index in [9.17, 15) is 4.79 Å². The van der Waals surface area contributed by atoms with E-state index < -0.39 is 0 Å². The van der Waals surface area contributed by atoms with E-state index in [1.54, 1.807) is 11.3 Å². The molecule has 114 valence electrons. The minimum Gasteiger partial charge on any atom is -0.326 e. The van der Waals surface area contributed by atoms with Crippen molar-refractivity contribution in [1.82, 2.24) is 9.38 Å². The van der Waals surface area contributed by atoms with Gasteiger partial charge in [-0.1, -0.05) is 30.3 Å². The fraction of sp³-hybridized carbons (Fsp3) is 0.111. The molecule has 23 heavy (non-hydrogen) atoms. The van der Waals surface area contributed by atoms with Gasteiger partial charge in [-0.05, 0) is 30.7 Å². The van der Waals surface area contributed by atoms with E-state index in [-0.39, 0.29) is 5.91 Å². The summed E-state index contributed by atoms with van der Waals surface area (Å²) < 4.78 is 2.07. The zero-order chi connectivity index (χ0) is 15.8. The second-order valence-corrected chi connectivity index (χ2v) is 6.32. The standard InChI is InChI=1S/C18H15N3OS/c1-12-6-2-3-7-14(12)19-17(22)10-13-11-23-18-20-15-8-4-5-9-16(15)21(13)18/h2-9,11H,10H2,1H3,(H,19,22). The number of amides is 1. The third-order valence-electron chi connectivity index (χ3n) is 3.88. The summed E-state index contributed by atoms with van der Waals surface area (Å²) in [7, 11) is 0. The van der Waals surface area contributed by atoms with Gasteiger partial charge in [-0.2, -0.15) is 0 Å². The number of nitrogens with zero attached hydrogens (tertiary/aromatic N) is 2. The number of carbonyl (C=O) groups excluding carboxylic acids is 1. The molecular weight excluding hydrogens is 306 g/mol. The molecule has 0 fully saturated rings. The SMILES string of the molecule is Cc1ccccc1NC(=O)Cc1csc2nc3ccccc3n12. The molecule has 1 N–H and O–H groups in total. The highest BCUT2D eigenvalue weighted by Crippen LogP contribution is 2.24. The highest BCUT2D eigenvalue weighted by molar-refractivity contribution is 7.15. The van der Waals surface area contributed by atoms with Crippen LogP contribution in [0.15, 0.2) is 53.9 Å². The summed E-state index contributed by atoms with van der Waals surface area (Å²) in [6.45, 7) is 1.99. The van der Waals surface area contributed by atoms with E-state index in [2.05, 4.69) is 14.7 Å². The van der Waals surface area contributed by atoms with Gasteiger partial charge in [-0.15, -0.1) is 11.3 Å². The quantitative estimate of drug-likeness (QED) is 0.619. The van der Waals surface area contributed by atoms with Crippen LogP contribution in [0.5, 0.6) is 0 Å². The predicted octanol–water partition coefficient (Wildman–Crippen LogP) is 4.04. The van der Waals surface area contributed by atoms with Crippen LogP contribution in [0.1, 0.15) is 11.3 Å². The van der Waals surface area contributed by atoms with Gasteiger partial charge in [0, 0.05) is 16.8 Å². The molecule has 0 aliphatic carbocycles. The zero-order valence-corrected chi connectivity index (χ0v) is 13.4. The number of rotatable bonds is 3. The van der Waals surface area contributed by atoms with Crippen molar-refractivity contribution >= 4 is 38.9 Å². The summed E-state index contributed by atoms with van der Waals surface area (Å²) in [5.41, 5.74) is 4.89. The monoisotopic (exact) mass is 321 g/mol. The fourth-order valence-corrected chi connectivity index (χ4v) is 3.63. The van der Waals surface area contributed by atoms with Crippen molar-refractivity contribution in [1.29, 1.82) is 0 Å². The molecule has 0 aliphatic rings. The molecule has 0 bridgehead atoms. The van der Waals surface area contributed by atoms with Crippen LogP contribution in [0.4, 0.5) is 5.69 Å². The Balaban J connectivity index is 1.65. The van der Waals surface area contributed by atoms with Gasteiger partial charge in [0.05, 0.1) is 17.5 Å². The number of carbonyl (C=O) groups is 1. The number of fused-ring (bicyclic) bond motifs is 3. The van der Waals surface area contributed by atoms with Crippen molar-refractivity contribution in [3.05, 3.63) is 65.2 Å². The molecule has 0 unspecified atom stereocenters. The van der Waals surface area contributed by atoms with Crippen LogP contribution in [0.2, 0.25) is 0 Å². The van der Waals surface area contributed by atoms with Gasteiger partial charge in [-0.25, -0.2) is 4.98 Å². The molecule has 2 aromatic carbocycles. The van der Waals surface area contributed by atoms with Gasteiger partial charge < -0.3 is 5.32 Å². The van der Waals surface area contributed by atoms with Gasteiger partial charge in [0.2, 0.25) is 5.91 Å². The molecule has 0 saturated heterocycles. The number of anilines is 1. The third kappa shape index (κ3) is 2.49. The summed E-state index contributed by atoms with van der Waals surface area (Å²) in [6, 6.07) is 15.8. The number of hydrogen-bond acceptors (Lipinski definition) is 3. The maximum atomic E-state index is 12.4. The van der Waals surface area contributed by atoms with Crippen LogP contribution in [-0.2, 0) is 11.2 Å². The van der Waals surface area contributed by atoms with Crippen molar-refractivity contribution in [2.45, 2.75) is 13.3 Å². The molecule has 1 amide bonds. The first kappa shape index (κ1) is 14.0. The molecule has 5 heteroatoms. The normalized spacial score (nSPS) is 11.2. The highest BCUT2D eigenvalue weighted by Gasteiger charge is 2.13. The largest absolute Gasteiger partial charge is 0.326 e. The number of imidazole rings is 1.